The summed E-state index contributed by atoms with van der Waals surface area (Å²) in [5, 5.41) is 13.7. The van der Waals surface area contributed by atoms with Gasteiger partial charge in [0.2, 0.25) is 0 Å². The van der Waals surface area contributed by atoms with Gasteiger partial charge in [0.25, 0.3) is 0 Å². The van der Waals surface area contributed by atoms with Gasteiger partial charge in [-0.05, 0) is 67.0 Å². The molecule has 0 N–H and O–H groups in total. The summed E-state index contributed by atoms with van der Waals surface area (Å²) in [6, 6.07) is 46.2. The largest absolute Gasteiger partial charge is 0.236 e. The Hall–Kier alpha value is -5.38. The van der Waals surface area contributed by atoms with Gasteiger partial charge in [0.15, 0.2) is 5.82 Å². The first-order valence-corrected chi connectivity index (χ1v) is 15.4. The molecular weight excluding hydrogens is 541 g/mol. The summed E-state index contributed by atoms with van der Waals surface area (Å²) in [5.74, 6) is 0.750. The Morgan fingerprint density at radius 1 is 0.465 bits per heavy atom. The topological polar surface area (TPSA) is 25.8 Å². The number of hydrogen-bond donors (Lipinski definition) is 0. The fraction of sp³-hybridized carbons (Fsp3) is 0. The second-order valence-electron chi connectivity index (χ2n) is 11.4. The van der Waals surface area contributed by atoms with E-state index in [1.54, 1.807) is 0 Å². The van der Waals surface area contributed by atoms with E-state index in [2.05, 4.69) is 127 Å². The summed E-state index contributed by atoms with van der Waals surface area (Å²) in [7, 11) is 0. The highest BCUT2D eigenvalue weighted by atomic mass is 32.1. The first-order chi connectivity index (χ1) is 21.3. The zero-order chi connectivity index (χ0) is 28.1. The first-order valence-electron chi connectivity index (χ1n) is 14.6. The molecule has 10 rings (SSSR count). The first kappa shape index (κ1) is 23.2. The molecule has 43 heavy (non-hydrogen) atoms. The molecule has 0 spiro atoms. The van der Waals surface area contributed by atoms with Crippen LogP contribution in [0.2, 0.25) is 0 Å². The van der Waals surface area contributed by atoms with E-state index < -0.39 is 0 Å². The molecule has 0 bridgehead atoms. The molecule has 2 aromatic heterocycles. The normalized spacial score (nSPS) is 12.2. The molecule has 0 aliphatic rings. The SMILES string of the molecule is c1cc2ccc3ccc(-c4ccc5cc(-c6ncc7c8ccccc8c8ccccc8c7n6)ccc5c4)c4sc(c1)c2c34. The number of thiophene rings is 1. The van der Waals surface area contributed by atoms with Crippen molar-refractivity contribution in [2.24, 2.45) is 0 Å². The molecule has 0 fully saturated rings. The minimum absolute atomic E-state index is 0.750. The summed E-state index contributed by atoms with van der Waals surface area (Å²) in [5.41, 5.74) is 4.56. The summed E-state index contributed by atoms with van der Waals surface area (Å²) in [4.78, 5) is 10.0. The molecule has 0 atom stereocenters. The number of fused-ring (bicyclic) bond motifs is 7. The van der Waals surface area contributed by atoms with Crippen LogP contribution in [0.1, 0.15) is 0 Å². The van der Waals surface area contributed by atoms with Crippen LogP contribution in [0.3, 0.4) is 0 Å². The van der Waals surface area contributed by atoms with Crippen LogP contribution in [0.5, 0.6) is 0 Å². The van der Waals surface area contributed by atoms with Gasteiger partial charge in [0.1, 0.15) is 0 Å². The van der Waals surface area contributed by atoms with Crippen LogP contribution >= 0.6 is 11.3 Å². The van der Waals surface area contributed by atoms with Crippen molar-refractivity contribution >= 4 is 85.5 Å². The van der Waals surface area contributed by atoms with E-state index in [0.717, 1.165) is 27.7 Å². The molecule has 10 aromatic rings. The van der Waals surface area contributed by atoms with E-state index in [9.17, 15) is 0 Å². The van der Waals surface area contributed by atoms with Gasteiger partial charge in [0.05, 0.1) is 5.52 Å². The molecule has 2 nitrogen and oxygen atoms in total. The Bertz CT molecular complexity index is 2700. The number of rotatable bonds is 2. The van der Waals surface area contributed by atoms with Crippen molar-refractivity contribution in [3.8, 4) is 22.5 Å². The Labute approximate surface area is 250 Å². The van der Waals surface area contributed by atoms with Crippen LogP contribution in [0.4, 0.5) is 0 Å². The van der Waals surface area contributed by atoms with Crippen LogP contribution in [-0.2, 0) is 0 Å². The summed E-state index contributed by atoms with van der Waals surface area (Å²) >= 11 is 1.90. The number of benzene rings is 8. The Morgan fingerprint density at radius 2 is 1.09 bits per heavy atom. The van der Waals surface area contributed by atoms with Crippen molar-refractivity contribution in [2.45, 2.75) is 0 Å². The molecule has 0 radical (unpaired) electrons. The third kappa shape index (κ3) is 3.28. The van der Waals surface area contributed by atoms with Crippen molar-refractivity contribution in [1.29, 1.82) is 0 Å². The number of aromatic nitrogens is 2. The van der Waals surface area contributed by atoms with Gasteiger partial charge >= 0.3 is 0 Å². The number of nitrogens with zero attached hydrogens (tertiary/aromatic N) is 2. The zero-order valence-electron chi connectivity index (χ0n) is 23.0. The lowest BCUT2D eigenvalue weighted by Crippen LogP contribution is -1.92. The fourth-order valence-electron chi connectivity index (χ4n) is 7.01. The lowest BCUT2D eigenvalue weighted by molar-refractivity contribution is 1.24. The molecule has 0 aliphatic carbocycles. The predicted octanol–water partition coefficient (Wildman–Crippen LogP) is 11.4. The van der Waals surface area contributed by atoms with Gasteiger partial charge < -0.3 is 0 Å². The summed E-state index contributed by atoms with van der Waals surface area (Å²) in [6.07, 6.45) is 2.00. The van der Waals surface area contributed by atoms with Gasteiger partial charge in [-0.3, -0.25) is 0 Å². The van der Waals surface area contributed by atoms with E-state index >= 15 is 0 Å². The third-order valence-corrected chi connectivity index (χ3v) is 10.2. The fourth-order valence-corrected chi connectivity index (χ4v) is 8.32. The monoisotopic (exact) mass is 562 g/mol. The van der Waals surface area contributed by atoms with Crippen molar-refractivity contribution in [3.63, 3.8) is 0 Å². The predicted molar refractivity (Wildman–Crippen MR) is 185 cm³/mol. The van der Waals surface area contributed by atoms with Crippen molar-refractivity contribution in [1.82, 2.24) is 9.97 Å². The van der Waals surface area contributed by atoms with Crippen LogP contribution in [-0.4, -0.2) is 9.97 Å². The summed E-state index contributed by atoms with van der Waals surface area (Å²) < 4.78 is 2.72. The lowest BCUT2D eigenvalue weighted by atomic mass is 9.95. The Kier molecular flexibility index (Phi) is 4.63. The van der Waals surface area contributed by atoms with Crippen LogP contribution in [0, 0.1) is 0 Å². The van der Waals surface area contributed by atoms with E-state index in [1.807, 2.05) is 17.5 Å². The highest BCUT2D eigenvalue weighted by Crippen LogP contribution is 2.45. The van der Waals surface area contributed by atoms with Gasteiger partial charge in [-0.2, -0.15) is 0 Å². The van der Waals surface area contributed by atoms with Crippen LogP contribution in [0.15, 0.2) is 134 Å². The second-order valence-corrected chi connectivity index (χ2v) is 12.4. The molecule has 0 amide bonds. The zero-order valence-corrected chi connectivity index (χ0v) is 23.8. The molecule has 0 aliphatic heterocycles. The van der Waals surface area contributed by atoms with Crippen LogP contribution in [0.25, 0.3) is 96.7 Å². The second kappa shape index (κ2) is 8.57. The molecule has 3 heteroatoms. The van der Waals surface area contributed by atoms with Gasteiger partial charge in [0, 0.05) is 42.7 Å². The molecule has 0 unspecified atom stereocenters. The van der Waals surface area contributed by atoms with Crippen molar-refractivity contribution in [2.75, 3.05) is 0 Å². The van der Waals surface area contributed by atoms with Gasteiger partial charge in [-0.1, -0.05) is 109 Å². The average molecular weight is 563 g/mol. The molecule has 0 saturated heterocycles. The Morgan fingerprint density at radius 3 is 1.91 bits per heavy atom. The maximum atomic E-state index is 5.16. The van der Waals surface area contributed by atoms with Crippen molar-refractivity contribution < 1.29 is 0 Å². The standard InChI is InChI=1S/C40H22N2S/c1-2-9-32-30(7-1)31-8-3-4-10-33(31)38-34(32)22-41-40(42-38)28-17-15-25-20-27(16-14-26(25)21-28)29-19-18-24-13-12-23-6-5-11-35-36(23)37(24)39(29)43-35/h1-22H. The lowest BCUT2D eigenvalue weighted by Gasteiger charge is -2.11. The maximum absolute atomic E-state index is 5.16. The van der Waals surface area contributed by atoms with Crippen molar-refractivity contribution in [3.05, 3.63) is 134 Å². The maximum Gasteiger partial charge on any atom is 0.159 e. The average Bonchev–Trinajstić information content (AvgIpc) is 3.48. The summed E-state index contributed by atoms with van der Waals surface area (Å²) in [6.45, 7) is 0. The van der Waals surface area contributed by atoms with Gasteiger partial charge in [-0.15, -0.1) is 11.3 Å². The molecule has 8 aromatic carbocycles. The Balaban J connectivity index is 1.12. The molecule has 198 valence electrons. The van der Waals surface area contributed by atoms with Gasteiger partial charge in [-0.25, -0.2) is 9.97 Å². The van der Waals surface area contributed by atoms with E-state index in [4.69, 9.17) is 9.97 Å². The third-order valence-electron chi connectivity index (χ3n) is 9.04. The van der Waals surface area contributed by atoms with Crippen LogP contribution < -0.4 is 0 Å². The quantitative estimate of drug-likeness (QED) is 0.196. The molecule has 2 heterocycles. The smallest absolute Gasteiger partial charge is 0.159 e. The molecule has 0 saturated carbocycles. The highest BCUT2D eigenvalue weighted by molar-refractivity contribution is 7.26. The van der Waals surface area contributed by atoms with E-state index in [0.29, 0.717) is 0 Å². The molecular formula is C40H22N2S. The number of hydrogen-bond acceptors (Lipinski definition) is 3. The van der Waals surface area contributed by atoms with E-state index in [1.165, 1.54) is 69.0 Å². The minimum atomic E-state index is 0.750. The highest BCUT2D eigenvalue weighted by Gasteiger charge is 2.16. The van der Waals surface area contributed by atoms with E-state index in [-0.39, 0.29) is 0 Å². The minimum Gasteiger partial charge on any atom is -0.236 e.